The van der Waals surface area contributed by atoms with E-state index in [1.54, 1.807) is 12.1 Å². The molecule has 2 rings (SSSR count). The Morgan fingerprint density at radius 3 is 2.09 bits per heavy atom. The first-order valence-electron chi connectivity index (χ1n) is 6.79. The van der Waals surface area contributed by atoms with Crippen LogP contribution in [0.1, 0.15) is 12.5 Å². The molecule has 0 heterocycles. The summed E-state index contributed by atoms with van der Waals surface area (Å²) in [5.74, 6) is -0.508. The van der Waals surface area contributed by atoms with Crippen molar-refractivity contribution in [2.75, 3.05) is 4.31 Å². The smallest absolute Gasteiger partial charge is 0.265 e. The highest BCUT2D eigenvalue weighted by Gasteiger charge is 2.32. The van der Waals surface area contributed by atoms with Crippen molar-refractivity contribution in [1.29, 1.82) is 0 Å². The van der Waals surface area contributed by atoms with E-state index in [4.69, 9.17) is 11.6 Å². The predicted molar refractivity (Wildman–Crippen MR) is 87.6 cm³/mol. The monoisotopic (exact) mass is 355 g/mol. The molecule has 23 heavy (non-hydrogen) atoms. The second kappa shape index (κ2) is 6.68. The zero-order valence-corrected chi connectivity index (χ0v) is 14.1. The number of aryl methyl sites for hydroxylation is 1. The molecule has 0 radical (unpaired) electrons. The van der Waals surface area contributed by atoms with Gasteiger partial charge in [-0.15, -0.1) is 0 Å². The number of carbonyl (C=O) groups excluding carboxylic acids is 1. The number of anilines is 1. The molecule has 0 fully saturated rings. The maximum Gasteiger partial charge on any atom is 0.265 e. The first kappa shape index (κ1) is 17.4. The predicted octanol–water partition coefficient (Wildman–Crippen LogP) is 3.48. The summed E-state index contributed by atoms with van der Waals surface area (Å²) in [4.78, 5) is 11.6. The van der Waals surface area contributed by atoms with Crippen molar-refractivity contribution >= 4 is 32.6 Å². The lowest BCUT2D eigenvalue weighted by Crippen LogP contribution is -2.42. The zero-order chi connectivity index (χ0) is 17.2. The van der Waals surface area contributed by atoms with E-state index < -0.39 is 27.1 Å². The summed E-state index contributed by atoms with van der Waals surface area (Å²) in [5.41, 5.74) is 1.06. The summed E-state index contributed by atoms with van der Waals surface area (Å²) in [6.45, 7) is 3.21. The molecule has 1 unspecified atom stereocenters. The lowest BCUT2D eigenvalue weighted by molar-refractivity contribution is -0.112. The molecular formula is C16H15ClFNO3S. The molecule has 4 nitrogen and oxygen atoms in total. The molecule has 0 aliphatic heterocycles. The SMILES string of the molecule is Cc1ccc(S(=O)(=O)N(c2ccc(F)cc2)C(C)C(=O)Cl)cc1. The van der Waals surface area contributed by atoms with Crippen LogP contribution in [0, 0.1) is 12.7 Å². The summed E-state index contributed by atoms with van der Waals surface area (Å²) in [6.07, 6.45) is 0. The Morgan fingerprint density at radius 2 is 1.61 bits per heavy atom. The molecule has 0 amide bonds. The molecule has 0 aromatic heterocycles. The lowest BCUT2D eigenvalue weighted by Gasteiger charge is -2.28. The van der Waals surface area contributed by atoms with Gasteiger partial charge in [-0.3, -0.25) is 9.10 Å². The first-order chi connectivity index (χ1) is 10.7. The van der Waals surface area contributed by atoms with Gasteiger partial charge in [-0.1, -0.05) is 17.7 Å². The van der Waals surface area contributed by atoms with Gasteiger partial charge in [-0.05, 0) is 61.8 Å². The normalized spacial score (nSPS) is 12.7. The van der Waals surface area contributed by atoms with Gasteiger partial charge in [0.15, 0.2) is 0 Å². The minimum absolute atomic E-state index is 0.0252. The van der Waals surface area contributed by atoms with E-state index in [1.807, 2.05) is 6.92 Å². The van der Waals surface area contributed by atoms with Crippen molar-refractivity contribution in [3.8, 4) is 0 Å². The summed E-state index contributed by atoms with van der Waals surface area (Å²) in [6, 6.07) is 9.91. The highest BCUT2D eigenvalue weighted by Crippen LogP contribution is 2.27. The van der Waals surface area contributed by atoms with Crippen LogP contribution in [0.2, 0.25) is 0 Å². The van der Waals surface area contributed by atoms with Gasteiger partial charge in [0.2, 0.25) is 5.24 Å². The third-order valence-electron chi connectivity index (χ3n) is 3.34. The molecule has 122 valence electrons. The van der Waals surface area contributed by atoms with Gasteiger partial charge in [0.05, 0.1) is 10.6 Å². The highest BCUT2D eigenvalue weighted by molar-refractivity contribution is 7.93. The molecule has 0 spiro atoms. The number of benzene rings is 2. The van der Waals surface area contributed by atoms with Crippen molar-refractivity contribution < 1.29 is 17.6 Å². The second-order valence-corrected chi connectivity index (χ2v) is 7.26. The molecule has 2 aromatic rings. The van der Waals surface area contributed by atoms with Gasteiger partial charge in [0.1, 0.15) is 11.9 Å². The van der Waals surface area contributed by atoms with Crippen LogP contribution in [0.3, 0.4) is 0 Å². The molecule has 2 aromatic carbocycles. The average Bonchev–Trinajstić information content (AvgIpc) is 2.49. The van der Waals surface area contributed by atoms with Crippen molar-refractivity contribution in [2.45, 2.75) is 24.8 Å². The van der Waals surface area contributed by atoms with Gasteiger partial charge in [-0.25, -0.2) is 12.8 Å². The number of hydrogen-bond donors (Lipinski definition) is 0. The number of rotatable bonds is 5. The molecule has 7 heteroatoms. The van der Waals surface area contributed by atoms with Gasteiger partial charge < -0.3 is 0 Å². The Morgan fingerprint density at radius 1 is 1.09 bits per heavy atom. The van der Waals surface area contributed by atoms with E-state index in [1.165, 1.54) is 31.2 Å². The second-order valence-electron chi connectivity index (χ2n) is 5.07. The maximum atomic E-state index is 13.1. The number of hydrogen-bond acceptors (Lipinski definition) is 3. The average molecular weight is 356 g/mol. The van der Waals surface area contributed by atoms with E-state index in [2.05, 4.69) is 0 Å². The Hall–Kier alpha value is -1.92. The van der Waals surface area contributed by atoms with Crippen molar-refractivity contribution in [1.82, 2.24) is 0 Å². The molecule has 0 aliphatic rings. The molecule has 0 N–H and O–H groups in total. The molecule has 0 aliphatic carbocycles. The topological polar surface area (TPSA) is 54.5 Å². The fourth-order valence-corrected chi connectivity index (χ4v) is 3.85. The summed E-state index contributed by atoms with van der Waals surface area (Å²) >= 11 is 5.50. The molecular weight excluding hydrogens is 341 g/mol. The number of carbonyl (C=O) groups is 1. The van der Waals surface area contributed by atoms with Crippen LogP contribution in [0.5, 0.6) is 0 Å². The minimum Gasteiger partial charge on any atom is -0.279 e. The Bertz CT molecular complexity index is 804. The molecule has 0 saturated heterocycles. The maximum absolute atomic E-state index is 13.1. The van der Waals surface area contributed by atoms with Crippen LogP contribution in [-0.4, -0.2) is 19.7 Å². The lowest BCUT2D eigenvalue weighted by atomic mass is 10.2. The molecule has 1 atom stereocenters. The minimum atomic E-state index is -4.02. The van der Waals surface area contributed by atoms with Gasteiger partial charge in [-0.2, -0.15) is 0 Å². The van der Waals surface area contributed by atoms with Crippen molar-refractivity contribution in [2.24, 2.45) is 0 Å². The molecule has 0 bridgehead atoms. The summed E-state index contributed by atoms with van der Waals surface area (Å²) < 4.78 is 39.8. The Balaban J connectivity index is 2.58. The van der Waals surface area contributed by atoms with Gasteiger partial charge in [0.25, 0.3) is 10.0 Å². The van der Waals surface area contributed by atoms with E-state index in [9.17, 15) is 17.6 Å². The van der Waals surface area contributed by atoms with Crippen molar-refractivity contribution in [3.05, 3.63) is 59.9 Å². The van der Waals surface area contributed by atoms with Crippen molar-refractivity contribution in [3.63, 3.8) is 0 Å². The number of sulfonamides is 1. The summed E-state index contributed by atoms with van der Waals surface area (Å²) in [5, 5.41) is -0.829. The standard InChI is InChI=1S/C16H15ClFNO3S/c1-11-3-9-15(10-4-11)23(21,22)19(12(2)16(17)20)14-7-5-13(18)6-8-14/h3-10,12H,1-2H3. The van der Waals surface area contributed by atoms with E-state index in [0.29, 0.717) is 0 Å². The van der Waals surface area contributed by atoms with Crippen LogP contribution >= 0.6 is 11.6 Å². The van der Waals surface area contributed by atoms with Gasteiger partial charge >= 0.3 is 0 Å². The third-order valence-corrected chi connectivity index (χ3v) is 5.57. The van der Waals surface area contributed by atoms with Gasteiger partial charge in [0, 0.05) is 0 Å². The van der Waals surface area contributed by atoms with E-state index in [-0.39, 0.29) is 10.6 Å². The third kappa shape index (κ3) is 3.71. The van der Waals surface area contributed by atoms with Crippen LogP contribution < -0.4 is 4.31 Å². The van der Waals surface area contributed by atoms with Crippen LogP contribution in [-0.2, 0) is 14.8 Å². The fraction of sp³-hybridized carbons (Fsp3) is 0.188. The zero-order valence-electron chi connectivity index (χ0n) is 12.5. The first-order valence-corrected chi connectivity index (χ1v) is 8.61. The Labute approximate surface area is 139 Å². The van der Waals surface area contributed by atoms with E-state index >= 15 is 0 Å². The number of nitrogens with zero attached hydrogens (tertiary/aromatic N) is 1. The van der Waals surface area contributed by atoms with Crippen LogP contribution in [0.4, 0.5) is 10.1 Å². The Kier molecular flexibility index (Phi) is 5.06. The largest absolute Gasteiger partial charge is 0.279 e. The van der Waals surface area contributed by atoms with E-state index in [0.717, 1.165) is 22.0 Å². The molecule has 0 saturated carbocycles. The number of halogens is 2. The highest BCUT2D eigenvalue weighted by atomic mass is 35.5. The van der Waals surface area contributed by atoms with Crippen LogP contribution in [0.25, 0.3) is 0 Å². The summed E-state index contributed by atoms with van der Waals surface area (Å²) in [7, 11) is -4.02. The fourth-order valence-electron chi connectivity index (χ4n) is 2.07. The van der Waals surface area contributed by atoms with Crippen LogP contribution in [0.15, 0.2) is 53.4 Å². The quantitative estimate of drug-likeness (QED) is 0.771.